The van der Waals surface area contributed by atoms with Gasteiger partial charge in [-0.3, -0.25) is 0 Å². The molecule has 48 valence electrons. The summed E-state index contributed by atoms with van der Waals surface area (Å²) in [6, 6.07) is 0.513. The van der Waals surface area contributed by atoms with E-state index in [2.05, 4.69) is 6.92 Å². The normalized spacial score (nSPS) is 39.8. The van der Waals surface area contributed by atoms with Gasteiger partial charge in [0.25, 0.3) is 0 Å². The maximum Gasteiger partial charge on any atom is 0.00413 e. The van der Waals surface area contributed by atoms with Crippen LogP contribution in [0, 0.1) is 5.92 Å². The summed E-state index contributed by atoms with van der Waals surface area (Å²) in [6.45, 7) is 2.29. The van der Waals surface area contributed by atoms with Gasteiger partial charge in [0.2, 0.25) is 0 Å². The predicted octanol–water partition coefficient (Wildman–Crippen LogP) is 1.52. The molecule has 1 fully saturated rings. The van der Waals surface area contributed by atoms with Crippen LogP contribution < -0.4 is 5.73 Å². The number of rotatable bonds is 0. The molecule has 1 rings (SSSR count). The summed E-state index contributed by atoms with van der Waals surface area (Å²) in [5, 5.41) is 0. The lowest BCUT2D eigenvalue weighted by atomic mass is 9.88. The lowest BCUT2D eigenvalue weighted by Gasteiger charge is -2.22. The summed E-state index contributed by atoms with van der Waals surface area (Å²) in [4.78, 5) is 0. The fraction of sp³-hybridized carbons (Fsp3) is 1.00. The molecule has 0 aromatic carbocycles. The van der Waals surface area contributed by atoms with E-state index in [0.29, 0.717) is 6.04 Å². The van der Waals surface area contributed by atoms with Crippen LogP contribution in [0.3, 0.4) is 0 Å². The number of hydrogen-bond acceptors (Lipinski definition) is 1. The first-order valence-electron chi connectivity index (χ1n) is 3.54. The van der Waals surface area contributed by atoms with Crippen LogP contribution in [0.5, 0.6) is 0 Å². The Bertz CT molecular complexity index is 62.8. The molecule has 0 heterocycles. The average Bonchev–Trinajstić information content (AvgIpc) is 1.64. The highest BCUT2D eigenvalue weighted by molar-refractivity contribution is 4.71. The van der Waals surface area contributed by atoms with Crippen molar-refractivity contribution in [3.63, 3.8) is 0 Å². The Morgan fingerprint density at radius 2 is 2.12 bits per heavy atom. The molecule has 0 aromatic rings. The van der Waals surface area contributed by atoms with Gasteiger partial charge in [-0.25, -0.2) is 0 Å². The van der Waals surface area contributed by atoms with Gasteiger partial charge in [-0.1, -0.05) is 19.8 Å². The lowest BCUT2D eigenvalue weighted by Crippen LogP contribution is -2.26. The van der Waals surface area contributed by atoms with E-state index < -0.39 is 0 Å². The highest BCUT2D eigenvalue weighted by Crippen LogP contribution is 2.21. The van der Waals surface area contributed by atoms with Crippen molar-refractivity contribution in [2.45, 2.75) is 38.6 Å². The molecule has 0 bridgehead atoms. The van der Waals surface area contributed by atoms with E-state index in [1.807, 2.05) is 0 Å². The summed E-state index contributed by atoms with van der Waals surface area (Å²) in [5.41, 5.74) is 5.73. The monoisotopic (exact) mass is 113 g/mol. The third-order valence-electron chi connectivity index (χ3n) is 1.98. The number of nitrogens with two attached hydrogens (primary N) is 1. The third-order valence-corrected chi connectivity index (χ3v) is 1.98. The van der Waals surface area contributed by atoms with E-state index in [1.165, 1.54) is 25.7 Å². The summed E-state index contributed by atoms with van der Waals surface area (Å²) in [5.74, 6) is 0.888. The van der Waals surface area contributed by atoms with Gasteiger partial charge in [0.05, 0.1) is 0 Å². The van der Waals surface area contributed by atoms with Crippen molar-refractivity contribution in [1.29, 1.82) is 0 Å². The second kappa shape index (κ2) is 2.49. The van der Waals surface area contributed by atoms with Crippen molar-refractivity contribution >= 4 is 0 Å². The van der Waals surface area contributed by atoms with Crippen molar-refractivity contribution in [1.82, 2.24) is 0 Å². The molecule has 2 N–H and O–H groups in total. The van der Waals surface area contributed by atoms with E-state index in [0.717, 1.165) is 5.92 Å². The highest BCUT2D eigenvalue weighted by atomic mass is 14.6. The largest absolute Gasteiger partial charge is 0.328 e. The molecule has 0 saturated heterocycles. The van der Waals surface area contributed by atoms with Gasteiger partial charge in [-0.2, -0.15) is 0 Å². The molecule has 0 radical (unpaired) electrons. The molecule has 0 amide bonds. The van der Waals surface area contributed by atoms with Crippen LogP contribution in [0.1, 0.15) is 32.6 Å². The smallest absolute Gasteiger partial charge is 0.00413 e. The summed E-state index contributed by atoms with van der Waals surface area (Å²) in [6.07, 6.45) is 5.25. The van der Waals surface area contributed by atoms with E-state index in [-0.39, 0.29) is 0 Å². The van der Waals surface area contributed by atoms with Crippen LogP contribution in [0.4, 0.5) is 0 Å². The first kappa shape index (κ1) is 6.09. The van der Waals surface area contributed by atoms with Gasteiger partial charge in [0.1, 0.15) is 0 Å². The van der Waals surface area contributed by atoms with Crippen molar-refractivity contribution in [2.75, 3.05) is 0 Å². The zero-order chi connectivity index (χ0) is 5.98. The van der Waals surface area contributed by atoms with Crippen molar-refractivity contribution in [3.8, 4) is 0 Å². The van der Waals surface area contributed by atoms with Gasteiger partial charge in [0, 0.05) is 6.04 Å². The quantitative estimate of drug-likeness (QED) is 0.506. The lowest BCUT2D eigenvalue weighted by molar-refractivity contribution is 0.344. The molecular weight excluding hydrogens is 98.1 g/mol. The topological polar surface area (TPSA) is 26.0 Å². The predicted molar refractivity (Wildman–Crippen MR) is 35.6 cm³/mol. The van der Waals surface area contributed by atoms with Crippen LogP contribution in [-0.4, -0.2) is 6.04 Å². The van der Waals surface area contributed by atoms with Crippen LogP contribution >= 0.6 is 0 Å². The second-order valence-electron chi connectivity index (χ2n) is 3.03. The molecule has 1 aliphatic carbocycles. The molecular formula is C7H15N. The van der Waals surface area contributed by atoms with Gasteiger partial charge in [-0.05, 0) is 18.8 Å². The Balaban J connectivity index is 2.23. The van der Waals surface area contributed by atoms with E-state index in [1.54, 1.807) is 0 Å². The summed E-state index contributed by atoms with van der Waals surface area (Å²) >= 11 is 0. The van der Waals surface area contributed by atoms with Crippen molar-refractivity contribution in [3.05, 3.63) is 0 Å². The van der Waals surface area contributed by atoms with Crippen molar-refractivity contribution in [2.24, 2.45) is 11.7 Å². The molecule has 1 aliphatic rings. The maximum atomic E-state index is 5.73. The van der Waals surface area contributed by atoms with Gasteiger partial charge in [0.15, 0.2) is 0 Å². The van der Waals surface area contributed by atoms with Crippen LogP contribution in [0.25, 0.3) is 0 Å². The molecule has 1 heteroatoms. The fourth-order valence-corrected chi connectivity index (χ4v) is 1.48. The molecule has 2 atom stereocenters. The molecule has 0 aliphatic heterocycles. The molecule has 1 nitrogen and oxygen atoms in total. The SMILES string of the molecule is C[C@@H]1CCC[C@@H](N)C1. The Morgan fingerprint density at radius 1 is 1.38 bits per heavy atom. The van der Waals surface area contributed by atoms with E-state index >= 15 is 0 Å². The second-order valence-corrected chi connectivity index (χ2v) is 3.03. The molecule has 1 saturated carbocycles. The zero-order valence-electron chi connectivity index (χ0n) is 5.56. The molecule has 0 aromatic heterocycles. The van der Waals surface area contributed by atoms with Crippen LogP contribution in [0.2, 0.25) is 0 Å². The Kier molecular flexibility index (Phi) is 1.90. The average molecular weight is 113 g/mol. The highest BCUT2D eigenvalue weighted by Gasteiger charge is 2.13. The molecule has 8 heavy (non-hydrogen) atoms. The molecule has 0 unspecified atom stereocenters. The van der Waals surface area contributed by atoms with Gasteiger partial charge in [-0.15, -0.1) is 0 Å². The van der Waals surface area contributed by atoms with Gasteiger partial charge >= 0.3 is 0 Å². The fourth-order valence-electron chi connectivity index (χ4n) is 1.48. The van der Waals surface area contributed by atoms with Crippen LogP contribution in [0.15, 0.2) is 0 Å². The minimum absolute atomic E-state index is 0.513. The summed E-state index contributed by atoms with van der Waals surface area (Å²) < 4.78 is 0. The Morgan fingerprint density at radius 3 is 2.50 bits per heavy atom. The molecule has 0 spiro atoms. The standard InChI is InChI=1S/C7H15N/c1-6-3-2-4-7(8)5-6/h6-7H,2-5,8H2,1H3/t6-,7-/m1/s1. The Hall–Kier alpha value is -0.0400. The summed E-state index contributed by atoms with van der Waals surface area (Å²) in [7, 11) is 0. The van der Waals surface area contributed by atoms with Gasteiger partial charge < -0.3 is 5.73 Å². The number of hydrogen-bond donors (Lipinski definition) is 1. The third kappa shape index (κ3) is 1.48. The first-order chi connectivity index (χ1) is 3.79. The van der Waals surface area contributed by atoms with E-state index in [9.17, 15) is 0 Å². The minimum atomic E-state index is 0.513. The Labute approximate surface area is 51.3 Å². The first-order valence-corrected chi connectivity index (χ1v) is 3.54. The van der Waals surface area contributed by atoms with Crippen molar-refractivity contribution < 1.29 is 0 Å². The maximum absolute atomic E-state index is 5.73. The zero-order valence-corrected chi connectivity index (χ0v) is 5.56. The van der Waals surface area contributed by atoms with E-state index in [4.69, 9.17) is 5.73 Å². The minimum Gasteiger partial charge on any atom is -0.328 e. The van der Waals surface area contributed by atoms with Crippen LogP contribution in [-0.2, 0) is 0 Å².